The van der Waals surface area contributed by atoms with Crippen molar-refractivity contribution in [3.63, 3.8) is 0 Å². The average molecular weight is 334 g/mol. The lowest BCUT2D eigenvalue weighted by atomic mass is 10.1. The van der Waals surface area contributed by atoms with Gasteiger partial charge < -0.3 is 4.57 Å². The summed E-state index contributed by atoms with van der Waals surface area (Å²) in [5.74, 6) is 1.81. The number of thioether (sulfide) groups is 1. The number of aromatic nitrogens is 3. The molecule has 114 valence electrons. The monoisotopic (exact) mass is 333 g/mol. The fourth-order valence-corrected chi connectivity index (χ4v) is 3.33. The minimum atomic E-state index is -0.00303. The molecule has 1 heterocycles. The summed E-state index contributed by atoms with van der Waals surface area (Å²) in [4.78, 5) is 12.3. The number of Topliss-reactive ketones (excluding diaryl/α,β-unsaturated/α-hetero) is 1. The van der Waals surface area contributed by atoms with Crippen molar-refractivity contribution in [3.05, 3.63) is 53.3 Å². The lowest BCUT2D eigenvalue weighted by Crippen LogP contribution is -2.06. The maximum atomic E-state index is 12.3. The van der Waals surface area contributed by atoms with Gasteiger partial charge in [-0.15, -0.1) is 16.8 Å². The summed E-state index contributed by atoms with van der Waals surface area (Å²) in [6, 6.07) is 7.10. The van der Waals surface area contributed by atoms with Crippen LogP contribution in [-0.4, -0.2) is 26.3 Å². The van der Waals surface area contributed by atoms with Crippen molar-refractivity contribution in [1.29, 1.82) is 0 Å². The largest absolute Gasteiger partial charge is 0.302 e. The number of allylic oxidation sites excluding steroid dienone is 1. The van der Waals surface area contributed by atoms with Crippen molar-refractivity contribution in [3.8, 4) is 0 Å². The Bertz CT molecular complexity index is 709. The molecular formula is C16H16ClN3OS. The Labute approximate surface area is 138 Å². The van der Waals surface area contributed by atoms with Crippen LogP contribution in [0.25, 0.3) is 0 Å². The van der Waals surface area contributed by atoms with Crippen LogP contribution in [0.1, 0.15) is 34.9 Å². The zero-order valence-corrected chi connectivity index (χ0v) is 13.6. The molecule has 0 spiro atoms. The molecule has 0 bridgehead atoms. The zero-order chi connectivity index (χ0) is 15.5. The molecule has 1 saturated carbocycles. The third-order valence-corrected chi connectivity index (χ3v) is 4.80. The van der Waals surface area contributed by atoms with Gasteiger partial charge in [0.1, 0.15) is 5.82 Å². The molecule has 1 fully saturated rings. The van der Waals surface area contributed by atoms with Crippen LogP contribution in [-0.2, 0) is 6.54 Å². The molecular weight excluding hydrogens is 318 g/mol. The highest BCUT2D eigenvalue weighted by molar-refractivity contribution is 7.99. The van der Waals surface area contributed by atoms with Gasteiger partial charge in [-0.2, -0.15) is 0 Å². The number of hydrogen-bond acceptors (Lipinski definition) is 4. The minimum Gasteiger partial charge on any atom is -0.302 e. The van der Waals surface area contributed by atoms with E-state index < -0.39 is 0 Å². The molecule has 6 heteroatoms. The van der Waals surface area contributed by atoms with Crippen LogP contribution in [0.15, 0.2) is 42.1 Å². The second-order valence-electron chi connectivity index (χ2n) is 5.21. The van der Waals surface area contributed by atoms with Crippen molar-refractivity contribution in [2.24, 2.45) is 0 Å². The first-order valence-corrected chi connectivity index (χ1v) is 8.51. The topological polar surface area (TPSA) is 47.8 Å². The van der Waals surface area contributed by atoms with Crippen molar-refractivity contribution in [2.75, 3.05) is 5.75 Å². The van der Waals surface area contributed by atoms with E-state index in [2.05, 4.69) is 21.3 Å². The second-order valence-corrected chi connectivity index (χ2v) is 6.56. The normalized spacial score (nSPS) is 14.0. The van der Waals surface area contributed by atoms with Crippen molar-refractivity contribution in [1.82, 2.24) is 14.8 Å². The number of nitrogens with zero attached hydrogens (tertiary/aromatic N) is 3. The number of carbonyl (C=O) groups excluding carboxylic acids is 1. The lowest BCUT2D eigenvalue weighted by Gasteiger charge is -2.07. The van der Waals surface area contributed by atoms with Crippen LogP contribution in [0.5, 0.6) is 0 Å². The molecule has 2 aromatic rings. The predicted octanol–water partition coefficient (Wildman–Crippen LogP) is 3.97. The molecule has 0 radical (unpaired) electrons. The summed E-state index contributed by atoms with van der Waals surface area (Å²) in [6.07, 6.45) is 4.16. The van der Waals surface area contributed by atoms with Gasteiger partial charge in [-0.05, 0) is 25.0 Å². The minimum absolute atomic E-state index is 0.00303. The zero-order valence-electron chi connectivity index (χ0n) is 12.0. The van der Waals surface area contributed by atoms with Gasteiger partial charge in [-0.1, -0.05) is 41.6 Å². The molecule has 1 aromatic carbocycles. The summed E-state index contributed by atoms with van der Waals surface area (Å²) < 4.78 is 2.05. The Kier molecular flexibility index (Phi) is 4.64. The molecule has 1 aliphatic carbocycles. The van der Waals surface area contributed by atoms with Crippen LogP contribution < -0.4 is 0 Å². The summed E-state index contributed by atoms with van der Waals surface area (Å²) in [5, 5.41) is 9.75. The van der Waals surface area contributed by atoms with E-state index in [1.165, 1.54) is 24.6 Å². The number of rotatable bonds is 7. The summed E-state index contributed by atoms with van der Waals surface area (Å²) in [6.45, 7) is 4.45. The fraction of sp³-hybridized carbons (Fsp3) is 0.312. The van der Waals surface area contributed by atoms with Gasteiger partial charge in [-0.25, -0.2) is 0 Å². The van der Waals surface area contributed by atoms with E-state index in [1.807, 2.05) is 18.2 Å². The Morgan fingerprint density at radius 1 is 1.41 bits per heavy atom. The second kappa shape index (κ2) is 6.67. The van der Waals surface area contributed by atoms with Crippen LogP contribution in [0, 0.1) is 0 Å². The van der Waals surface area contributed by atoms with Gasteiger partial charge in [0.2, 0.25) is 0 Å². The number of carbonyl (C=O) groups is 1. The van der Waals surface area contributed by atoms with Crippen LogP contribution in [0.2, 0.25) is 5.02 Å². The van der Waals surface area contributed by atoms with E-state index in [-0.39, 0.29) is 5.78 Å². The van der Waals surface area contributed by atoms with Crippen molar-refractivity contribution >= 4 is 29.1 Å². The molecule has 0 amide bonds. The molecule has 0 aliphatic heterocycles. The van der Waals surface area contributed by atoms with E-state index >= 15 is 0 Å². The standard InChI is InChI=1S/C16H16ClN3OS/c1-2-9-20-15(11-7-8-11)18-19-16(20)22-10-14(21)12-5-3-4-6-13(12)17/h2-6,11H,1,7-10H2. The number of ketones is 1. The van der Waals surface area contributed by atoms with E-state index in [4.69, 9.17) is 11.6 Å². The lowest BCUT2D eigenvalue weighted by molar-refractivity contribution is 0.102. The van der Waals surface area contributed by atoms with Gasteiger partial charge in [-0.3, -0.25) is 4.79 Å². The Balaban J connectivity index is 1.72. The highest BCUT2D eigenvalue weighted by atomic mass is 35.5. The molecule has 0 saturated heterocycles. The van der Waals surface area contributed by atoms with Gasteiger partial charge >= 0.3 is 0 Å². The average Bonchev–Trinajstić information content (AvgIpc) is 3.28. The molecule has 4 nitrogen and oxygen atoms in total. The first kappa shape index (κ1) is 15.3. The number of benzene rings is 1. The Morgan fingerprint density at radius 3 is 2.86 bits per heavy atom. The fourth-order valence-electron chi connectivity index (χ4n) is 2.25. The van der Waals surface area contributed by atoms with E-state index in [9.17, 15) is 4.79 Å². The summed E-state index contributed by atoms with van der Waals surface area (Å²) >= 11 is 7.46. The first-order chi connectivity index (χ1) is 10.7. The van der Waals surface area contributed by atoms with Gasteiger partial charge in [0.15, 0.2) is 10.9 Å². The van der Waals surface area contributed by atoms with E-state index in [0.29, 0.717) is 28.8 Å². The third-order valence-electron chi connectivity index (χ3n) is 3.51. The van der Waals surface area contributed by atoms with Crippen LogP contribution in [0.3, 0.4) is 0 Å². The van der Waals surface area contributed by atoms with Crippen LogP contribution >= 0.6 is 23.4 Å². The van der Waals surface area contributed by atoms with Gasteiger partial charge in [0.25, 0.3) is 0 Å². The molecule has 0 N–H and O–H groups in total. The Morgan fingerprint density at radius 2 is 2.18 bits per heavy atom. The third kappa shape index (κ3) is 3.25. The number of halogens is 1. The summed E-state index contributed by atoms with van der Waals surface area (Å²) in [7, 11) is 0. The van der Waals surface area contributed by atoms with Gasteiger partial charge in [0, 0.05) is 18.0 Å². The summed E-state index contributed by atoms with van der Waals surface area (Å²) in [5.41, 5.74) is 0.550. The molecule has 0 unspecified atom stereocenters. The van der Waals surface area contributed by atoms with Gasteiger partial charge in [0.05, 0.1) is 10.8 Å². The molecule has 22 heavy (non-hydrogen) atoms. The Hall–Kier alpha value is -1.59. The van der Waals surface area contributed by atoms with E-state index in [1.54, 1.807) is 12.1 Å². The maximum Gasteiger partial charge on any atom is 0.191 e. The molecule has 3 rings (SSSR count). The molecule has 0 atom stereocenters. The maximum absolute atomic E-state index is 12.3. The highest BCUT2D eigenvalue weighted by Crippen LogP contribution is 2.40. The van der Waals surface area contributed by atoms with Crippen LogP contribution in [0.4, 0.5) is 0 Å². The smallest absolute Gasteiger partial charge is 0.191 e. The van der Waals surface area contributed by atoms with E-state index in [0.717, 1.165) is 11.0 Å². The SMILES string of the molecule is C=CCn1c(SCC(=O)c2ccccc2Cl)nnc1C1CC1. The van der Waals surface area contributed by atoms with Crippen molar-refractivity contribution < 1.29 is 4.79 Å². The quantitative estimate of drug-likeness (QED) is 0.437. The molecule has 1 aromatic heterocycles. The molecule has 1 aliphatic rings. The number of hydrogen-bond donors (Lipinski definition) is 0. The highest BCUT2D eigenvalue weighted by Gasteiger charge is 2.30. The van der Waals surface area contributed by atoms with Crippen molar-refractivity contribution in [2.45, 2.75) is 30.5 Å². The first-order valence-electron chi connectivity index (χ1n) is 7.15. The predicted molar refractivity (Wildman–Crippen MR) is 88.7 cm³/mol.